The molecule has 1 atom stereocenters. The highest BCUT2D eigenvalue weighted by molar-refractivity contribution is 6.06. The lowest BCUT2D eigenvalue weighted by Crippen LogP contribution is -2.38. The Morgan fingerprint density at radius 1 is 1.03 bits per heavy atom. The fourth-order valence-electron chi connectivity index (χ4n) is 3.81. The number of nitrogens with one attached hydrogen (secondary N) is 1. The van der Waals surface area contributed by atoms with Gasteiger partial charge in [0.15, 0.2) is 0 Å². The van der Waals surface area contributed by atoms with Gasteiger partial charge in [-0.3, -0.25) is 14.4 Å². The van der Waals surface area contributed by atoms with Crippen LogP contribution in [0.4, 0.5) is 5.69 Å². The molecule has 31 heavy (non-hydrogen) atoms. The Morgan fingerprint density at radius 3 is 2.58 bits per heavy atom. The summed E-state index contributed by atoms with van der Waals surface area (Å²) >= 11 is 0. The molecule has 1 aliphatic rings. The van der Waals surface area contributed by atoms with Crippen molar-refractivity contribution in [2.75, 3.05) is 4.90 Å². The van der Waals surface area contributed by atoms with E-state index in [1.165, 1.54) is 16.8 Å². The summed E-state index contributed by atoms with van der Waals surface area (Å²) in [4.78, 5) is 39.3. The zero-order chi connectivity index (χ0) is 21.8. The Bertz CT molecular complexity index is 1160. The van der Waals surface area contributed by atoms with Crippen molar-refractivity contribution < 1.29 is 9.59 Å². The number of aryl methyl sites for hydroxylation is 1. The van der Waals surface area contributed by atoms with E-state index in [9.17, 15) is 14.4 Å². The van der Waals surface area contributed by atoms with Gasteiger partial charge in [0.25, 0.3) is 11.5 Å². The molecule has 2 heterocycles. The van der Waals surface area contributed by atoms with Crippen molar-refractivity contribution in [1.29, 1.82) is 0 Å². The van der Waals surface area contributed by atoms with Crippen LogP contribution < -0.4 is 15.8 Å². The Balaban J connectivity index is 1.43. The Kier molecular flexibility index (Phi) is 5.93. The number of carbonyl (C=O) groups excluding carboxylic acids is 2. The molecule has 2 amide bonds. The summed E-state index contributed by atoms with van der Waals surface area (Å²) in [5.74, 6) is -0.434. The van der Waals surface area contributed by atoms with Crippen molar-refractivity contribution in [2.24, 2.45) is 0 Å². The minimum Gasteiger partial charge on any atom is -0.352 e. The first-order chi connectivity index (χ1) is 15.0. The molecule has 0 spiro atoms. The predicted octanol–water partition coefficient (Wildman–Crippen LogP) is 2.54. The number of rotatable bonds is 6. The van der Waals surface area contributed by atoms with Gasteiger partial charge in [0.1, 0.15) is 5.69 Å². The third-order valence-corrected chi connectivity index (χ3v) is 5.39. The van der Waals surface area contributed by atoms with E-state index in [2.05, 4.69) is 10.4 Å². The monoisotopic (exact) mass is 416 g/mol. The zero-order valence-electron chi connectivity index (χ0n) is 17.3. The lowest BCUT2D eigenvalue weighted by atomic mass is 10.1. The van der Waals surface area contributed by atoms with E-state index in [0.29, 0.717) is 6.54 Å². The summed E-state index contributed by atoms with van der Waals surface area (Å²) in [5.41, 5.74) is 2.83. The van der Waals surface area contributed by atoms with E-state index in [-0.39, 0.29) is 42.1 Å². The maximum atomic E-state index is 13.1. The van der Waals surface area contributed by atoms with Crippen LogP contribution in [0, 0.1) is 0 Å². The van der Waals surface area contributed by atoms with E-state index in [1.807, 2.05) is 61.5 Å². The van der Waals surface area contributed by atoms with Crippen molar-refractivity contribution in [2.45, 2.75) is 38.9 Å². The van der Waals surface area contributed by atoms with Gasteiger partial charge in [-0.1, -0.05) is 48.5 Å². The zero-order valence-corrected chi connectivity index (χ0v) is 17.3. The van der Waals surface area contributed by atoms with Crippen LogP contribution in [0.25, 0.3) is 0 Å². The number of carbonyl (C=O) groups is 2. The third-order valence-electron chi connectivity index (χ3n) is 5.39. The number of hydrogen-bond donors (Lipinski definition) is 1. The van der Waals surface area contributed by atoms with Gasteiger partial charge in [0, 0.05) is 30.8 Å². The summed E-state index contributed by atoms with van der Waals surface area (Å²) in [7, 11) is 0. The second-order valence-corrected chi connectivity index (χ2v) is 7.65. The fourth-order valence-corrected chi connectivity index (χ4v) is 3.81. The van der Waals surface area contributed by atoms with Gasteiger partial charge >= 0.3 is 0 Å². The normalized spacial score (nSPS) is 14.9. The molecule has 7 nitrogen and oxygen atoms in total. The molecule has 3 aromatic rings. The summed E-state index contributed by atoms with van der Waals surface area (Å²) in [5, 5.41) is 7.08. The Hall–Kier alpha value is -3.74. The van der Waals surface area contributed by atoms with Gasteiger partial charge in [-0.15, -0.1) is 0 Å². The van der Waals surface area contributed by atoms with Crippen molar-refractivity contribution in [3.63, 3.8) is 0 Å². The van der Waals surface area contributed by atoms with Gasteiger partial charge in [0.05, 0.1) is 6.54 Å². The van der Waals surface area contributed by atoms with Gasteiger partial charge < -0.3 is 10.2 Å². The highest BCUT2D eigenvalue weighted by Crippen LogP contribution is 2.32. The van der Waals surface area contributed by atoms with Gasteiger partial charge in [-0.05, 0) is 36.6 Å². The van der Waals surface area contributed by atoms with Crippen LogP contribution in [-0.2, 0) is 24.3 Å². The Morgan fingerprint density at radius 2 is 1.77 bits per heavy atom. The van der Waals surface area contributed by atoms with Crippen molar-refractivity contribution in [3.8, 4) is 0 Å². The molecular weight excluding hydrogens is 392 g/mol. The SMILES string of the molecule is C[C@@H]1Cc2ccccc2N1C(=O)c1ccc(=O)n(CCC(=O)NCc2ccccc2)n1. The molecule has 0 fully saturated rings. The van der Waals surface area contributed by atoms with E-state index < -0.39 is 0 Å². The summed E-state index contributed by atoms with van der Waals surface area (Å²) in [6.07, 6.45) is 0.878. The van der Waals surface area contributed by atoms with E-state index in [0.717, 1.165) is 23.2 Å². The topological polar surface area (TPSA) is 84.3 Å². The fraction of sp³-hybridized carbons (Fsp3) is 0.250. The molecule has 0 saturated heterocycles. The quantitative estimate of drug-likeness (QED) is 0.669. The first kappa shape index (κ1) is 20.5. The average Bonchev–Trinajstić information content (AvgIpc) is 3.13. The van der Waals surface area contributed by atoms with E-state index >= 15 is 0 Å². The molecule has 1 aliphatic heterocycles. The van der Waals surface area contributed by atoms with Crippen LogP contribution in [0.3, 0.4) is 0 Å². The molecule has 4 rings (SSSR count). The molecule has 2 aromatic carbocycles. The molecule has 7 heteroatoms. The number of fused-ring (bicyclic) bond motifs is 1. The number of para-hydroxylation sites is 1. The number of benzene rings is 2. The maximum Gasteiger partial charge on any atom is 0.278 e. The second-order valence-electron chi connectivity index (χ2n) is 7.65. The van der Waals surface area contributed by atoms with Crippen LogP contribution >= 0.6 is 0 Å². The first-order valence-electron chi connectivity index (χ1n) is 10.3. The molecule has 0 saturated carbocycles. The Labute approximate surface area is 180 Å². The summed E-state index contributed by atoms with van der Waals surface area (Å²) < 4.78 is 1.18. The van der Waals surface area contributed by atoms with Crippen LogP contribution in [0.15, 0.2) is 71.5 Å². The molecule has 0 unspecified atom stereocenters. The minimum atomic E-state index is -0.345. The van der Waals surface area contributed by atoms with Crippen LogP contribution in [0.5, 0.6) is 0 Å². The molecule has 158 valence electrons. The minimum absolute atomic E-state index is 0.0100. The number of aromatic nitrogens is 2. The van der Waals surface area contributed by atoms with E-state index in [4.69, 9.17) is 0 Å². The van der Waals surface area contributed by atoms with Crippen LogP contribution in [0.1, 0.15) is 35.0 Å². The van der Waals surface area contributed by atoms with Crippen molar-refractivity contribution in [3.05, 3.63) is 93.9 Å². The van der Waals surface area contributed by atoms with Gasteiger partial charge in [-0.2, -0.15) is 5.10 Å². The number of nitrogens with zero attached hydrogens (tertiary/aromatic N) is 3. The largest absolute Gasteiger partial charge is 0.352 e. The predicted molar refractivity (Wildman–Crippen MR) is 118 cm³/mol. The number of anilines is 1. The molecule has 0 radical (unpaired) electrons. The smallest absolute Gasteiger partial charge is 0.278 e. The first-order valence-corrected chi connectivity index (χ1v) is 10.3. The summed E-state index contributed by atoms with van der Waals surface area (Å²) in [6.45, 7) is 2.52. The lowest BCUT2D eigenvalue weighted by Gasteiger charge is -2.22. The molecule has 1 N–H and O–H groups in total. The standard InChI is InChI=1S/C24H24N4O3/c1-17-15-19-9-5-6-10-21(19)28(17)24(31)20-11-12-23(30)27(26-20)14-13-22(29)25-16-18-7-3-2-4-8-18/h2-12,17H,13-16H2,1H3,(H,25,29)/t17-/m1/s1. The molecule has 1 aromatic heterocycles. The van der Waals surface area contributed by atoms with Crippen LogP contribution in [-0.4, -0.2) is 27.6 Å². The van der Waals surface area contributed by atoms with E-state index in [1.54, 1.807) is 4.90 Å². The van der Waals surface area contributed by atoms with Crippen LogP contribution in [0.2, 0.25) is 0 Å². The third kappa shape index (κ3) is 4.55. The lowest BCUT2D eigenvalue weighted by molar-refractivity contribution is -0.121. The average molecular weight is 416 g/mol. The maximum absolute atomic E-state index is 13.1. The highest BCUT2D eigenvalue weighted by Gasteiger charge is 2.32. The molecule has 0 aliphatic carbocycles. The van der Waals surface area contributed by atoms with Crippen molar-refractivity contribution >= 4 is 17.5 Å². The molecular formula is C24H24N4O3. The second kappa shape index (κ2) is 8.95. The highest BCUT2D eigenvalue weighted by atomic mass is 16.2. The number of amides is 2. The number of hydrogen-bond acceptors (Lipinski definition) is 4. The van der Waals surface area contributed by atoms with Gasteiger partial charge in [-0.25, -0.2) is 4.68 Å². The molecule has 0 bridgehead atoms. The summed E-state index contributed by atoms with van der Waals surface area (Å²) in [6, 6.07) is 20.2. The van der Waals surface area contributed by atoms with Crippen molar-refractivity contribution in [1.82, 2.24) is 15.1 Å². The van der Waals surface area contributed by atoms with Gasteiger partial charge in [0.2, 0.25) is 5.91 Å².